The van der Waals surface area contributed by atoms with Crippen LogP contribution in [0.25, 0.3) is 0 Å². The summed E-state index contributed by atoms with van der Waals surface area (Å²) in [5, 5.41) is 9.74. The fourth-order valence-electron chi connectivity index (χ4n) is 2.14. The van der Waals surface area contributed by atoms with Crippen molar-refractivity contribution >= 4 is 17.2 Å². The molecule has 1 aromatic heterocycles. The van der Waals surface area contributed by atoms with Gasteiger partial charge in [0.1, 0.15) is 0 Å². The Hall–Kier alpha value is -2.94. The Morgan fingerprint density at radius 2 is 1.92 bits per heavy atom. The number of hydrogen-bond acceptors (Lipinski definition) is 6. The molecule has 0 bridgehead atoms. The van der Waals surface area contributed by atoms with Gasteiger partial charge in [-0.25, -0.2) is 4.99 Å². The zero-order chi connectivity index (χ0) is 19.2. The highest BCUT2D eigenvalue weighted by Gasteiger charge is 2.38. The molecule has 26 heavy (non-hydrogen) atoms. The summed E-state index contributed by atoms with van der Waals surface area (Å²) in [5.41, 5.74) is 5.35. The molecule has 0 aliphatic rings. The largest absolute Gasteiger partial charge is 0.435 e. The summed E-state index contributed by atoms with van der Waals surface area (Å²) in [6.45, 7) is 0.724. The minimum absolute atomic E-state index is 0.165. The number of nitrogens with zero attached hydrogens (tertiary/aromatic N) is 4. The lowest BCUT2D eigenvalue weighted by Gasteiger charge is -2.16. The number of aromatic nitrogens is 2. The number of rotatable bonds is 6. The van der Waals surface area contributed by atoms with E-state index in [1.807, 2.05) is 31.1 Å². The normalized spacial score (nSPS) is 13.2. The van der Waals surface area contributed by atoms with Gasteiger partial charge in [0.2, 0.25) is 0 Å². The van der Waals surface area contributed by atoms with Crippen LogP contribution in [0.1, 0.15) is 5.56 Å². The van der Waals surface area contributed by atoms with Crippen LogP contribution in [0.15, 0.2) is 59.5 Å². The van der Waals surface area contributed by atoms with Gasteiger partial charge in [-0.05, 0) is 43.9 Å². The first kappa shape index (κ1) is 19.4. The maximum Gasteiger partial charge on any atom is 0.435 e. The van der Waals surface area contributed by atoms with Gasteiger partial charge in [-0.3, -0.25) is 0 Å². The molecule has 9 heteroatoms. The number of halogens is 3. The molecule has 0 spiro atoms. The molecular weight excluding hydrogens is 345 g/mol. The predicted octanol–water partition coefficient (Wildman–Crippen LogP) is 3.09. The second kappa shape index (κ2) is 8.43. The number of nitrogens with two attached hydrogens (primary N) is 1. The zero-order valence-corrected chi connectivity index (χ0v) is 14.3. The van der Waals surface area contributed by atoms with Gasteiger partial charge in [-0.2, -0.15) is 18.3 Å². The Morgan fingerprint density at radius 1 is 1.23 bits per heavy atom. The van der Waals surface area contributed by atoms with E-state index in [-0.39, 0.29) is 11.5 Å². The molecule has 1 aromatic carbocycles. The van der Waals surface area contributed by atoms with Gasteiger partial charge >= 0.3 is 6.18 Å². The van der Waals surface area contributed by atoms with Gasteiger partial charge in [-0.15, -0.1) is 5.10 Å². The highest BCUT2D eigenvalue weighted by Crippen LogP contribution is 2.26. The molecule has 2 aromatic rings. The van der Waals surface area contributed by atoms with Crippen LogP contribution in [0, 0.1) is 0 Å². The zero-order valence-electron chi connectivity index (χ0n) is 14.3. The molecule has 0 radical (unpaired) electrons. The summed E-state index contributed by atoms with van der Waals surface area (Å²) >= 11 is 0. The van der Waals surface area contributed by atoms with Crippen molar-refractivity contribution in [1.82, 2.24) is 15.1 Å². The Labute approximate surface area is 149 Å². The van der Waals surface area contributed by atoms with Crippen molar-refractivity contribution in [3.05, 3.63) is 60.1 Å². The smallest absolute Gasteiger partial charge is 0.403 e. The molecule has 1 heterocycles. The minimum Gasteiger partial charge on any atom is -0.403 e. The molecule has 0 aliphatic heterocycles. The summed E-state index contributed by atoms with van der Waals surface area (Å²) in [7, 11) is 3.86. The van der Waals surface area contributed by atoms with Crippen LogP contribution < -0.4 is 11.1 Å². The quantitative estimate of drug-likeness (QED) is 0.770. The molecular formula is C17H19F3N6. The van der Waals surface area contributed by atoms with Gasteiger partial charge in [0.05, 0.1) is 5.70 Å². The lowest BCUT2D eigenvalue weighted by atomic mass is 10.2. The van der Waals surface area contributed by atoms with Crippen molar-refractivity contribution in [2.45, 2.75) is 12.7 Å². The number of benzene rings is 1. The number of aliphatic imine (C=N–C) groups is 1. The average Bonchev–Trinajstić information content (AvgIpc) is 2.59. The van der Waals surface area contributed by atoms with Crippen molar-refractivity contribution in [3.8, 4) is 0 Å². The molecule has 0 atom stereocenters. The summed E-state index contributed by atoms with van der Waals surface area (Å²) in [6, 6.07) is 9.77. The van der Waals surface area contributed by atoms with Crippen molar-refractivity contribution in [3.63, 3.8) is 0 Å². The lowest BCUT2D eigenvalue weighted by molar-refractivity contribution is -0.0581. The van der Waals surface area contributed by atoms with E-state index in [4.69, 9.17) is 5.73 Å². The molecule has 0 fully saturated rings. The highest BCUT2D eigenvalue weighted by molar-refractivity contribution is 6.07. The minimum atomic E-state index is -4.72. The van der Waals surface area contributed by atoms with Gasteiger partial charge < -0.3 is 16.0 Å². The highest BCUT2D eigenvalue weighted by atomic mass is 19.4. The molecule has 2 rings (SSSR count). The monoisotopic (exact) mass is 364 g/mol. The Morgan fingerprint density at radius 3 is 2.42 bits per heavy atom. The maximum absolute atomic E-state index is 13.4. The van der Waals surface area contributed by atoms with Crippen molar-refractivity contribution in [2.75, 3.05) is 19.4 Å². The molecule has 0 unspecified atom stereocenters. The van der Waals surface area contributed by atoms with Crippen molar-refractivity contribution in [2.24, 2.45) is 10.7 Å². The van der Waals surface area contributed by atoms with Crippen LogP contribution in [0.3, 0.4) is 0 Å². The number of anilines is 1. The summed E-state index contributed by atoms with van der Waals surface area (Å²) in [6.07, 6.45) is -2.55. The van der Waals surface area contributed by atoms with Gasteiger partial charge in [0.25, 0.3) is 0 Å². The number of hydrogen-bond donors (Lipinski definition) is 2. The third-order valence-electron chi connectivity index (χ3n) is 3.21. The second-order valence-corrected chi connectivity index (χ2v) is 5.68. The first-order valence-electron chi connectivity index (χ1n) is 7.66. The fourth-order valence-corrected chi connectivity index (χ4v) is 2.14. The third kappa shape index (κ3) is 5.55. The van der Waals surface area contributed by atoms with Crippen LogP contribution in [-0.4, -0.2) is 41.1 Å². The Kier molecular flexibility index (Phi) is 6.29. The summed E-state index contributed by atoms with van der Waals surface area (Å²) in [5.74, 6) is -0.165. The maximum atomic E-state index is 13.4. The molecule has 3 N–H and O–H groups in total. The molecule has 0 aliphatic carbocycles. The van der Waals surface area contributed by atoms with Gasteiger partial charge in [0.15, 0.2) is 11.5 Å². The molecule has 0 saturated carbocycles. The van der Waals surface area contributed by atoms with E-state index in [1.54, 1.807) is 12.1 Å². The summed E-state index contributed by atoms with van der Waals surface area (Å²) < 4.78 is 40.3. The number of nitrogens with one attached hydrogen (secondary N) is 1. The van der Waals surface area contributed by atoms with Gasteiger partial charge in [-0.1, -0.05) is 12.1 Å². The van der Waals surface area contributed by atoms with E-state index in [0.717, 1.165) is 18.3 Å². The van der Waals surface area contributed by atoms with Crippen LogP contribution in [-0.2, 0) is 6.54 Å². The van der Waals surface area contributed by atoms with Crippen LogP contribution in [0.4, 0.5) is 24.7 Å². The second-order valence-electron chi connectivity index (χ2n) is 5.68. The van der Waals surface area contributed by atoms with E-state index in [0.29, 0.717) is 5.69 Å². The van der Waals surface area contributed by atoms with Crippen LogP contribution in [0.5, 0.6) is 0 Å². The SMILES string of the molecule is CN(C)Cc1ccc(N/C(=C/N)C(=Nc2cccnn2)C(F)(F)F)cc1. The van der Waals surface area contributed by atoms with E-state index < -0.39 is 11.9 Å². The molecule has 138 valence electrons. The molecule has 0 saturated heterocycles. The predicted molar refractivity (Wildman–Crippen MR) is 94.9 cm³/mol. The van der Waals surface area contributed by atoms with Crippen molar-refractivity contribution < 1.29 is 13.2 Å². The van der Waals surface area contributed by atoms with E-state index in [1.165, 1.54) is 18.3 Å². The first-order chi connectivity index (χ1) is 12.3. The van der Waals surface area contributed by atoms with E-state index >= 15 is 0 Å². The number of alkyl halides is 3. The van der Waals surface area contributed by atoms with Crippen LogP contribution >= 0.6 is 0 Å². The van der Waals surface area contributed by atoms with E-state index in [2.05, 4.69) is 20.5 Å². The average molecular weight is 364 g/mol. The fraction of sp³-hybridized carbons (Fsp3) is 0.235. The first-order valence-corrected chi connectivity index (χ1v) is 7.66. The number of allylic oxidation sites excluding steroid dienone is 1. The van der Waals surface area contributed by atoms with Crippen LogP contribution in [0.2, 0.25) is 0 Å². The Bertz CT molecular complexity index is 767. The van der Waals surface area contributed by atoms with E-state index in [9.17, 15) is 13.2 Å². The third-order valence-corrected chi connectivity index (χ3v) is 3.21. The molecule has 0 amide bonds. The van der Waals surface area contributed by atoms with Gasteiger partial charge in [0, 0.05) is 24.6 Å². The molecule has 6 nitrogen and oxygen atoms in total. The van der Waals surface area contributed by atoms with Crippen molar-refractivity contribution in [1.29, 1.82) is 0 Å². The standard InChI is InChI=1S/C17H19F3N6/c1-26(2)11-12-5-7-13(8-6-12)23-14(10-21)16(17(18,19)20)24-15-4-3-9-22-25-15/h3-10,23H,11,21H2,1-2H3/b14-10+,24-16?. The lowest BCUT2D eigenvalue weighted by Crippen LogP contribution is -2.29. The Balaban J connectivity index is 2.28. The topological polar surface area (TPSA) is 79.4 Å². The summed E-state index contributed by atoms with van der Waals surface area (Å²) in [4.78, 5) is 5.54.